The van der Waals surface area contributed by atoms with Gasteiger partial charge in [0.05, 0.1) is 0 Å². The molecule has 0 nitrogen and oxygen atoms in total. The Morgan fingerprint density at radius 3 is 2.40 bits per heavy atom. The topological polar surface area (TPSA) is 0 Å². The van der Waals surface area contributed by atoms with Gasteiger partial charge in [-0.15, -0.1) is 0 Å². The fourth-order valence-corrected chi connectivity index (χ4v) is 6.68. The quantitative estimate of drug-likeness (QED) is 0.615. The van der Waals surface area contributed by atoms with Gasteiger partial charge in [-0.1, -0.05) is 0 Å². The van der Waals surface area contributed by atoms with E-state index in [1.165, 1.54) is 4.75 Å². The van der Waals surface area contributed by atoms with Crippen molar-refractivity contribution >= 4 is 15.4 Å². The maximum absolute atomic E-state index is 2.38. The van der Waals surface area contributed by atoms with E-state index in [9.17, 15) is 0 Å². The van der Waals surface area contributed by atoms with Gasteiger partial charge >= 0.3 is 70.9 Å². The third kappa shape index (κ3) is 3.09. The zero-order valence-corrected chi connectivity index (χ0v) is 10.4. The van der Waals surface area contributed by atoms with Crippen LogP contribution < -0.4 is 0 Å². The average Bonchev–Trinajstić information content (AvgIpc) is 2.34. The predicted octanol–water partition coefficient (Wildman–Crippen LogP) is 2.59. The van der Waals surface area contributed by atoms with Gasteiger partial charge in [-0.3, -0.25) is 0 Å². The molecule has 0 atom stereocenters. The molecular weight excluding hydrogens is 181 g/mol. The Balaban J connectivity index is 2.01. The van der Waals surface area contributed by atoms with Crippen LogP contribution in [-0.2, 0) is 0 Å². The van der Waals surface area contributed by atoms with Crippen LogP contribution in [0.15, 0.2) is 0 Å². The second kappa shape index (κ2) is 4.43. The first kappa shape index (κ1) is 8.64. The maximum atomic E-state index is 2.38. The normalized spacial score (nSPS) is 21.9. The van der Waals surface area contributed by atoms with Crippen LogP contribution >= 0.6 is 0 Å². The van der Waals surface area contributed by atoms with Crippen molar-refractivity contribution in [3.63, 3.8) is 0 Å². The summed E-state index contributed by atoms with van der Waals surface area (Å²) in [5, 5.41) is 1.64. The van der Waals surface area contributed by atoms with E-state index in [0.29, 0.717) is 0 Å². The molecule has 0 N–H and O–H groups in total. The zero-order chi connectivity index (χ0) is 7.40. The van der Waals surface area contributed by atoms with E-state index in [-0.39, 0.29) is 15.4 Å². The monoisotopic (exact) mass is 202 g/mol. The van der Waals surface area contributed by atoms with Gasteiger partial charge in [0.15, 0.2) is 0 Å². The van der Waals surface area contributed by atoms with Crippen LogP contribution in [0, 0.1) is 5.92 Å². The Hall–Kier alpha value is 0.543. The molecule has 1 aliphatic rings. The summed E-state index contributed by atoms with van der Waals surface area (Å²) >= 11 is -0.0648. The van der Waals surface area contributed by atoms with Gasteiger partial charge in [0, 0.05) is 0 Å². The van der Waals surface area contributed by atoms with Gasteiger partial charge in [0.25, 0.3) is 0 Å². The fraction of sp³-hybridized carbons (Fsp3) is 1.00. The van der Waals surface area contributed by atoms with Gasteiger partial charge in [-0.25, -0.2) is 0 Å². The van der Waals surface area contributed by atoms with Crippen LogP contribution in [0.25, 0.3) is 0 Å². The molecule has 1 rings (SSSR count). The average molecular weight is 201 g/mol. The Kier molecular flexibility index (Phi) is 3.82. The van der Waals surface area contributed by atoms with Gasteiger partial charge in [0.1, 0.15) is 0 Å². The molecule has 1 fully saturated rings. The summed E-state index contributed by atoms with van der Waals surface area (Å²) in [6, 6.07) is 0. The molecule has 0 aliphatic heterocycles. The van der Waals surface area contributed by atoms with Crippen LogP contribution in [0.2, 0.25) is 10.0 Å². The van der Waals surface area contributed by atoms with Crippen molar-refractivity contribution in [1.29, 1.82) is 0 Å². The molecule has 0 radical (unpaired) electrons. The third-order valence-corrected chi connectivity index (χ3v) is 9.18. The molecule has 0 spiro atoms. The number of hydrogen-bond donors (Lipinski definition) is 0. The van der Waals surface area contributed by atoms with Gasteiger partial charge < -0.3 is 0 Å². The van der Waals surface area contributed by atoms with Crippen molar-refractivity contribution in [1.82, 2.24) is 0 Å². The van der Waals surface area contributed by atoms with Gasteiger partial charge in [-0.05, 0) is 0 Å². The first-order chi connectivity index (χ1) is 4.79. The molecule has 0 unspecified atom stereocenters. The minimum absolute atomic E-state index is 0.0648. The number of rotatable bonds is 3. The van der Waals surface area contributed by atoms with E-state index in [1.807, 2.05) is 0 Å². The molecule has 0 amide bonds. The fourth-order valence-electron chi connectivity index (χ4n) is 1.87. The van der Waals surface area contributed by atoms with E-state index >= 15 is 0 Å². The molecule has 0 heterocycles. The standard InChI is InChI=1S/C9H20Ge/c1-8(2)7-10-9-5-3-4-6-9/h8-9H,3-7,10H2,1-2H3. The second-order valence-corrected chi connectivity index (χ2v) is 8.97. The van der Waals surface area contributed by atoms with Gasteiger partial charge in [-0.2, -0.15) is 0 Å². The van der Waals surface area contributed by atoms with E-state index in [4.69, 9.17) is 0 Å². The first-order valence-corrected chi connectivity index (χ1v) is 8.60. The van der Waals surface area contributed by atoms with Crippen LogP contribution in [-0.4, -0.2) is 15.4 Å². The summed E-state index contributed by atoms with van der Waals surface area (Å²) < 4.78 is 1.29. The zero-order valence-electron chi connectivity index (χ0n) is 7.40. The minimum atomic E-state index is -0.0648. The molecule has 0 aromatic rings. The summed E-state index contributed by atoms with van der Waals surface area (Å²) in [4.78, 5) is 0. The summed E-state index contributed by atoms with van der Waals surface area (Å²) in [7, 11) is 0. The Morgan fingerprint density at radius 1 is 1.30 bits per heavy atom. The van der Waals surface area contributed by atoms with Crippen molar-refractivity contribution in [3.8, 4) is 0 Å². The van der Waals surface area contributed by atoms with Crippen LogP contribution in [0.1, 0.15) is 39.5 Å². The summed E-state index contributed by atoms with van der Waals surface area (Å²) in [5.41, 5.74) is 0. The molecule has 0 bridgehead atoms. The molecule has 1 saturated carbocycles. The third-order valence-electron chi connectivity index (χ3n) is 2.63. The first-order valence-electron chi connectivity index (χ1n) is 4.79. The van der Waals surface area contributed by atoms with Crippen molar-refractivity contribution in [2.75, 3.05) is 0 Å². The van der Waals surface area contributed by atoms with Crippen LogP contribution in [0.5, 0.6) is 0 Å². The molecule has 0 aromatic heterocycles. The number of hydrogen-bond acceptors (Lipinski definition) is 0. The van der Waals surface area contributed by atoms with E-state index in [0.717, 1.165) is 5.92 Å². The Morgan fingerprint density at radius 2 is 1.90 bits per heavy atom. The Bertz CT molecular complexity index is 82.7. The molecule has 10 heavy (non-hydrogen) atoms. The molecule has 60 valence electrons. The summed E-state index contributed by atoms with van der Waals surface area (Å²) in [6.07, 6.45) is 6.31. The molecule has 1 heteroatoms. The van der Waals surface area contributed by atoms with Gasteiger partial charge in [0.2, 0.25) is 0 Å². The summed E-state index contributed by atoms with van der Waals surface area (Å²) in [5.74, 6) is 1.00. The van der Waals surface area contributed by atoms with E-state index < -0.39 is 0 Å². The van der Waals surface area contributed by atoms with E-state index in [2.05, 4.69) is 13.8 Å². The molecule has 0 saturated heterocycles. The van der Waals surface area contributed by atoms with Crippen molar-refractivity contribution in [2.45, 2.75) is 49.5 Å². The van der Waals surface area contributed by atoms with Crippen molar-refractivity contribution in [2.24, 2.45) is 5.92 Å². The Labute approximate surface area is 71.3 Å². The van der Waals surface area contributed by atoms with Crippen molar-refractivity contribution < 1.29 is 0 Å². The molecular formula is C9H20Ge. The van der Waals surface area contributed by atoms with Crippen LogP contribution in [0.3, 0.4) is 0 Å². The van der Waals surface area contributed by atoms with E-state index in [1.54, 1.807) is 30.9 Å². The SMILES string of the molecule is CC(C)[CH2][GeH2][CH]1CCCC1. The predicted molar refractivity (Wildman–Crippen MR) is 50.4 cm³/mol. The summed E-state index contributed by atoms with van der Waals surface area (Å²) in [6.45, 7) is 4.75. The van der Waals surface area contributed by atoms with Crippen molar-refractivity contribution in [3.05, 3.63) is 0 Å². The molecule has 1 aliphatic carbocycles. The molecule has 0 aromatic carbocycles. The van der Waals surface area contributed by atoms with Crippen LogP contribution in [0.4, 0.5) is 0 Å². The second-order valence-electron chi connectivity index (χ2n) is 4.12.